The standard InChI is InChI=1S/C44H45ClN6O3/c1-31-35(10-7-12-38(31)39-13-8-14-41(32(39)2)52-19-9-17-50-15-5-6-16-50)30-54-43-22-42(53-29-34-20-33(23-46)24-47-25-34)36(21-40(43)45)26-48-28-44-49-27-37-11-3-4-18-51(37)44/h3-4,7-8,10-14,18,20-22,24-25,27,48H,5-6,9,15-17,19,26,28-30H2,1-2H3. The number of nitrogens with one attached hydrogen (secondary N) is 1. The smallest absolute Gasteiger partial charge is 0.142 e. The van der Waals surface area contributed by atoms with Gasteiger partial charge in [-0.25, -0.2) is 4.98 Å². The minimum Gasteiger partial charge on any atom is -0.493 e. The second-order valence-corrected chi connectivity index (χ2v) is 14.1. The molecule has 0 atom stereocenters. The molecule has 10 heteroatoms. The van der Waals surface area contributed by atoms with Gasteiger partial charge in [-0.2, -0.15) is 5.26 Å². The number of aromatic nitrogens is 3. The van der Waals surface area contributed by atoms with Gasteiger partial charge in [-0.15, -0.1) is 0 Å². The maximum Gasteiger partial charge on any atom is 0.142 e. The molecule has 54 heavy (non-hydrogen) atoms. The fourth-order valence-corrected chi connectivity index (χ4v) is 7.25. The zero-order valence-corrected chi connectivity index (χ0v) is 31.6. The maximum atomic E-state index is 9.37. The van der Waals surface area contributed by atoms with E-state index in [4.69, 9.17) is 25.8 Å². The van der Waals surface area contributed by atoms with E-state index in [2.05, 4.69) is 80.9 Å². The summed E-state index contributed by atoms with van der Waals surface area (Å²) >= 11 is 6.89. The molecule has 3 aromatic carbocycles. The van der Waals surface area contributed by atoms with Crippen molar-refractivity contribution >= 4 is 17.1 Å². The molecule has 6 aromatic rings. The molecule has 1 aliphatic heterocycles. The predicted octanol–water partition coefficient (Wildman–Crippen LogP) is 8.85. The number of hydrogen-bond acceptors (Lipinski definition) is 8. The van der Waals surface area contributed by atoms with Gasteiger partial charge in [0.1, 0.15) is 42.4 Å². The topological polar surface area (TPSA) is 96.9 Å². The lowest BCUT2D eigenvalue weighted by atomic mass is 9.93. The summed E-state index contributed by atoms with van der Waals surface area (Å²) in [6.45, 7) is 10.1. The fourth-order valence-electron chi connectivity index (χ4n) is 7.01. The van der Waals surface area contributed by atoms with Gasteiger partial charge in [-0.3, -0.25) is 4.98 Å². The number of rotatable bonds is 16. The number of nitriles is 1. The average Bonchev–Trinajstić information content (AvgIpc) is 3.87. The number of likely N-dealkylation sites (tertiary alicyclic amines) is 1. The Morgan fingerprint density at radius 3 is 2.46 bits per heavy atom. The van der Waals surface area contributed by atoms with Crippen molar-refractivity contribution < 1.29 is 14.2 Å². The van der Waals surface area contributed by atoms with E-state index in [0.29, 0.717) is 48.4 Å². The van der Waals surface area contributed by atoms with Gasteiger partial charge in [-0.05, 0) is 104 Å². The van der Waals surface area contributed by atoms with Gasteiger partial charge in [0.15, 0.2) is 0 Å². The van der Waals surface area contributed by atoms with E-state index in [-0.39, 0.29) is 6.61 Å². The lowest BCUT2D eigenvalue weighted by molar-refractivity contribution is 0.262. The highest BCUT2D eigenvalue weighted by Gasteiger charge is 2.16. The number of hydrogen-bond donors (Lipinski definition) is 1. The van der Waals surface area contributed by atoms with Crippen LogP contribution in [-0.2, 0) is 26.3 Å². The fraction of sp³-hybridized carbons (Fsp3) is 0.295. The van der Waals surface area contributed by atoms with Crippen molar-refractivity contribution in [3.63, 3.8) is 0 Å². The van der Waals surface area contributed by atoms with Crippen molar-refractivity contribution in [2.45, 2.75) is 59.4 Å². The monoisotopic (exact) mass is 740 g/mol. The number of ether oxygens (including phenoxy) is 3. The van der Waals surface area contributed by atoms with Gasteiger partial charge in [0, 0.05) is 48.9 Å². The first kappa shape index (κ1) is 36.9. The quantitative estimate of drug-likeness (QED) is 0.0984. The Hall–Kier alpha value is -5.40. The molecule has 1 aliphatic rings. The molecule has 3 aromatic heterocycles. The molecule has 1 saturated heterocycles. The molecule has 0 saturated carbocycles. The zero-order valence-electron chi connectivity index (χ0n) is 30.9. The first-order valence-electron chi connectivity index (χ1n) is 18.5. The van der Waals surface area contributed by atoms with Crippen molar-refractivity contribution in [3.05, 3.63) is 142 Å². The molecule has 9 nitrogen and oxygen atoms in total. The molecule has 0 bridgehead atoms. The van der Waals surface area contributed by atoms with Crippen LogP contribution >= 0.6 is 11.6 Å². The molecule has 1 fully saturated rings. The maximum absolute atomic E-state index is 9.37. The Kier molecular flexibility index (Phi) is 12.1. The molecule has 276 valence electrons. The highest BCUT2D eigenvalue weighted by atomic mass is 35.5. The minimum atomic E-state index is 0.225. The molecule has 4 heterocycles. The van der Waals surface area contributed by atoms with Gasteiger partial charge in [0.2, 0.25) is 0 Å². The normalized spacial score (nSPS) is 12.9. The first-order chi connectivity index (χ1) is 26.5. The Labute approximate surface area is 322 Å². The SMILES string of the molecule is Cc1c(COc2cc(OCc3cncc(C#N)c3)c(CNCc3ncc4ccccn34)cc2Cl)cccc1-c1cccc(OCCCN2CCCC2)c1C. The summed E-state index contributed by atoms with van der Waals surface area (Å²) in [7, 11) is 0. The zero-order chi connectivity index (χ0) is 37.3. The molecule has 0 unspecified atom stereocenters. The Morgan fingerprint density at radius 2 is 1.61 bits per heavy atom. The van der Waals surface area contributed by atoms with E-state index in [1.165, 1.54) is 32.1 Å². The Bertz CT molecular complexity index is 2260. The van der Waals surface area contributed by atoms with Crippen LogP contribution in [0.4, 0.5) is 0 Å². The van der Waals surface area contributed by atoms with Crippen molar-refractivity contribution in [2.24, 2.45) is 0 Å². The Balaban J connectivity index is 1.06. The lowest BCUT2D eigenvalue weighted by Crippen LogP contribution is -2.22. The van der Waals surface area contributed by atoms with Crippen LogP contribution in [-0.4, -0.2) is 45.5 Å². The van der Waals surface area contributed by atoms with E-state index < -0.39 is 0 Å². The number of halogens is 1. The predicted molar refractivity (Wildman–Crippen MR) is 212 cm³/mol. The molecular formula is C44H45ClN6O3. The van der Waals surface area contributed by atoms with Crippen molar-refractivity contribution in [1.82, 2.24) is 24.6 Å². The number of benzene rings is 3. The summed E-state index contributed by atoms with van der Waals surface area (Å²) in [6.07, 6.45) is 10.7. The molecule has 0 aliphatic carbocycles. The third-order valence-corrected chi connectivity index (χ3v) is 10.3. The van der Waals surface area contributed by atoms with Gasteiger partial charge in [0.25, 0.3) is 0 Å². The summed E-state index contributed by atoms with van der Waals surface area (Å²) in [5, 5.41) is 13.3. The van der Waals surface area contributed by atoms with Crippen molar-refractivity contribution in [2.75, 3.05) is 26.2 Å². The summed E-state index contributed by atoms with van der Waals surface area (Å²) in [4.78, 5) is 11.3. The second kappa shape index (κ2) is 17.6. The van der Waals surface area contributed by atoms with Crippen LogP contribution in [0.1, 0.15) is 58.5 Å². The van der Waals surface area contributed by atoms with Crippen LogP contribution in [0.5, 0.6) is 17.2 Å². The highest BCUT2D eigenvalue weighted by molar-refractivity contribution is 6.32. The van der Waals surface area contributed by atoms with E-state index in [9.17, 15) is 5.26 Å². The van der Waals surface area contributed by atoms with E-state index in [1.54, 1.807) is 12.3 Å². The van der Waals surface area contributed by atoms with Crippen molar-refractivity contribution in [1.29, 1.82) is 5.26 Å². The molecule has 0 amide bonds. The molecule has 0 radical (unpaired) electrons. The van der Waals surface area contributed by atoms with Crippen molar-refractivity contribution in [3.8, 4) is 34.4 Å². The largest absolute Gasteiger partial charge is 0.493 e. The van der Waals surface area contributed by atoms with E-state index in [1.807, 2.05) is 42.7 Å². The lowest BCUT2D eigenvalue weighted by Gasteiger charge is -2.19. The number of imidazole rings is 1. The van der Waals surface area contributed by atoms with E-state index >= 15 is 0 Å². The number of nitrogens with zero attached hydrogens (tertiary/aromatic N) is 5. The van der Waals surface area contributed by atoms with Gasteiger partial charge in [-0.1, -0.05) is 48.0 Å². The van der Waals surface area contributed by atoms with E-state index in [0.717, 1.165) is 69.0 Å². The van der Waals surface area contributed by atoms with Crippen LogP contribution in [0.3, 0.4) is 0 Å². The highest BCUT2D eigenvalue weighted by Crippen LogP contribution is 2.36. The Morgan fingerprint density at radius 1 is 0.796 bits per heavy atom. The second-order valence-electron chi connectivity index (χ2n) is 13.7. The third kappa shape index (κ3) is 8.86. The third-order valence-electron chi connectivity index (χ3n) is 10.0. The van der Waals surface area contributed by atoms with Crippen LogP contribution < -0.4 is 19.5 Å². The summed E-state index contributed by atoms with van der Waals surface area (Å²) in [5.41, 5.74) is 8.78. The molecule has 7 rings (SSSR count). The van der Waals surface area contributed by atoms with Crippen LogP contribution in [0.2, 0.25) is 5.02 Å². The van der Waals surface area contributed by atoms with Crippen LogP contribution in [0.25, 0.3) is 16.6 Å². The minimum absolute atomic E-state index is 0.225. The van der Waals surface area contributed by atoms with Gasteiger partial charge in [0.05, 0.1) is 35.5 Å². The molecule has 1 N–H and O–H groups in total. The summed E-state index contributed by atoms with van der Waals surface area (Å²) in [5.74, 6) is 2.97. The average molecular weight is 741 g/mol. The number of pyridine rings is 2. The molecule has 0 spiro atoms. The first-order valence-corrected chi connectivity index (χ1v) is 18.9. The van der Waals surface area contributed by atoms with Gasteiger partial charge < -0.3 is 28.8 Å². The van der Waals surface area contributed by atoms with Crippen LogP contribution in [0, 0.1) is 25.2 Å². The summed E-state index contributed by atoms with van der Waals surface area (Å²) in [6, 6.07) is 26.3. The summed E-state index contributed by atoms with van der Waals surface area (Å²) < 4.78 is 21.1. The number of fused-ring (bicyclic) bond motifs is 1. The molecular weight excluding hydrogens is 696 g/mol. The van der Waals surface area contributed by atoms with Crippen LogP contribution in [0.15, 0.2) is 97.6 Å². The van der Waals surface area contributed by atoms with Gasteiger partial charge >= 0.3 is 0 Å².